The third-order valence-corrected chi connectivity index (χ3v) is 4.57. The maximum absolute atomic E-state index is 13.3. The third-order valence-electron chi connectivity index (χ3n) is 3.30. The fraction of sp³-hybridized carbons (Fsp3) is 0.333. The van der Waals surface area contributed by atoms with Crippen molar-refractivity contribution in [1.29, 1.82) is 0 Å². The molecule has 0 bridgehead atoms. The van der Waals surface area contributed by atoms with Crippen LogP contribution >= 0.6 is 0 Å². The van der Waals surface area contributed by atoms with Gasteiger partial charge in [0.2, 0.25) is 5.91 Å². The second-order valence-electron chi connectivity index (χ2n) is 5.83. The minimum absolute atomic E-state index is 0.0818. The highest BCUT2D eigenvalue weighted by Crippen LogP contribution is 2.37. The number of hydrogen-bond acceptors (Lipinski definition) is 4. The lowest BCUT2D eigenvalue weighted by atomic mass is 10.1. The number of nitrogens with zero attached hydrogens (tertiary/aromatic N) is 1. The zero-order valence-corrected chi connectivity index (χ0v) is 14.9. The van der Waals surface area contributed by atoms with E-state index in [1.807, 2.05) is 4.72 Å². The molecule has 0 aliphatic rings. The number of H-pyrrole nitrogens is 1. The number of anilines is 2. The lowest BCUT2D eigenvalue weighted by Crippen LogP contribution is -2.18. The molecule has 11 heteroatoms. The minimum Gasteiger partial charge on any atom is -0.331 e. The molecule has 0 spiro atoms. The summed E-state index contributed by atoms with van der Waals surface area (Å²) in [6.45, 7) is 4.71. The third kappa shape index (κ3) is 4.54. The highest BCUT2D eigenvalue weighted by Gasteiger charge is 2.35. The Labute approximate surface area is 148 Å². The molecule has 1 aromatic heterocycles. The van der Waals surface area contributed by atoms with Gasteiger partial charge in [-0.1, -0.05) is 13.8 Å². The van der Waals surface area contributed by atoms with Crippen LogP contribution in [0, 0.1) is 0 Å². The van der Waals surface area contributed by atoms with Crippen molar-refractivity contribution in [3.63, 3.8) is 0 Å². The van der Waals surface area contributed by atoms with E-state index in [9.17, 15) is 26.4 Å². The summed E-state index contributed by atoms with van der Waals surface area (Å²) in [6.07, 6.45) is -3.79. The van der Waals surface area contributed by atoms with Crippen LogP contribution in [-0.2, 0) is 21.0 Å². The molecule has 142 valence electrons. The summed E-state index contributed by atoms with van der Waals surface area (Å²) in [7, 11) is -4.30. The van der Waals surface area contributed by atoms with E-state index >= 15 is 0 Å². The number of halogens is 3. The quantitative estimate of drug-likeness (QED) is 0.729. The summed E-state index contributed by atoms with van der Waals surface area (Å²) in [5, 5.41) is 1.88. The van der Waals surface area contributed by atoms with Gasteiger partial charge in [0.15, 0.2) is 5.03 Å². The average Bonchev–Trinajstić information content (AvgIpc) is 2.98. The van der Waals surface area contributed by atoms with Crippen molar-refractivity contribution in [1.82, 2.24) is 9.97 Å². The molecule has 0 aliphatic carbocycles. The van der Waals surface area contributed by atoms with Crippen LogP contribution < -0.4 is 10.0 Å². The van der Waals surface area contributed by atoms with Crippen molar-refractivity contribution in [2.45, 2.75) is 37.9 Å². The molecule has 1 aromatic carbocycles. The monoisotopic (exact) mass is 390 g/mol. The summed E-state index contributed by atoms with van der Waals surface area (Å²) >= 11 is 0. The first-order chi connectivity index (χ1) is 11.9. The van der Waals surface area contributed by atoms with Crippen molar-refractivity contribution in [2.75, 3.05) is 10.0 Å². The zero-order chi connectivity index (χ0) is 19.7. The Morgan fingerprint density at radius 1 is 1.27 bits per heavy atom. The Morgan fingerprint density at radius 3 is 2.42 bits per heavy atom. The standard InChI is InChI=1S/C15H17F3N4O3S/c1-8(2)14-19-7-13(21-14)26(24,25)22-12-5-4-10(20-9(3)23)6-11(12)15(16,17)18/h4-8,22H,1-3H3,(H,19,21)(H,20,23). The number of rotatable bonds is 5. The highest BCUT2D eigenvalue weighted by atomic mass is 32.2. The average molecular weight is 390 g/mol. The molecule has 0 saturated heterocycles. The van der Waals surface area contributed by atoms with Gasteiger partial charge >= 0.3 is 6.18 Å². The van der Waals surface area contributed by atoms with E-state index in [1.165, 1.54) is 6.07 Å². The largest absolute Gasteiger partial charge is 0.418 e. The Kier molecular flexibility index (Phi) is 5.31. The number of aromatic amines is 1. The molecule has 1 heterocycles. The number of sulfonamides is 1. The van der Waals surface area contributed by atoms with E-state index < -0.39 is 33.4 Å². The van der Waals surface area contributed by atoms with Crippen molar-refractivity contribution in [3.8, 4) is 0 Å². The number of amides is 1. The second-order valence-corrected chi connectivity index (χ2v) is 7.48. The van der Waals surface area contributed by atoms with Crippen molar-refractivity contribution < 1.29 is 26.4 Å². The first kappa shape index (κ1) is 19.8. The van der Waals surface area contributed by atoms with Gasteiger partial charge < -0.3 is 10.3 Å². The van der Waals surface area contributed by atoms with Crippen LogP contribution in [0.2, 0.25) is 0 Å². The summed E-state index contributed by atoms with van der Waals surface area (Å²) in [4.78, 5) is 17.5. The lowest BCUT2D eigenvalue weighted by Gasteiger charge is -2.16. The maximum Gasteiger partial charge on any atom is 0.418 e. The molecule has 0 atom stereocenters. The van der Waals surface area contributed by atoms with Crippen molar-refractivity contribution in [3.05, 3.63) is 35.8 Å². The Morgan fingerprint density at radius 2 is 1.92 bits per heavy atom. The van der Waals surface area contributed by atoms with Crippen molar-refractivity contribution >= 4 is 27.3 Å². The van der Waals surface area contributed by atoms with Gasteiger partial charge in [-0.3, -0.25) is 9.52 Å². The van der Waals surface area contributed by atoms with Gasteiger partial charge in [-0.05, 0) is 18.2 Å². The Hall–Kier alpha value is -2.56. The summed E-state index contributed by atoms with van der Waals surface area (Å²) < 4.78 is 66.5. The van der Waals surface area contributed by atoms with Crippen LogP contribution in [0.4, 0.5) is 24.5 Å². The number of hydrogen-bond donors (Lipinski definition) is 3. The molecule has 7 nitrogen and oxygen atoms in total. The Bertz CT molecular complexity index is 920. The van der Waals surface area contributed by atoms with Gasteiger partial charge in [0, 0.05) is 18.5 Å². The molecule has 26 heavy (non-hydrogen) atoms. The van der Waals surface area contributed by atoms with Gasteiger partial charge in [0.1, 0.15) is 5.82 Å². The Balaban J connectivity index is 2.42. The predicted octanol–water partition coefficient (Wildman–Crippen LogP) is 3.31. The molecule has 3 N–H and O–H groups in total. The SMILES string of the molecule is CC(=O)Nc1ccc(NS(=O)(=O)c2cnc(C(C)C)[nH]2)c(C(F)(F)F)c1. The maximum atomic E-state index is 13.3. The molecule has 0 unspecified atom stereocenters. The van der Waals surface area contributed by atoms with Crippen LogP contribution in [0.1, 0.15) is 38.1 Å². The fourth-order valence-electron chi connectivity index (χ4n) is 2.10. The van der Waals surface area contributed by atoms with Gasteiger partial charge in [-0.2, -0.15) is 21.6 Å². The summed E-state index contributed by atoms with van der Waals surface area (Å²) in [6, 6.07) is 2.76. The molecule has 0 aliphatic heterocycles. The van der Waals surface area contributed by atoms with E-state index in [1.54, 1.807) is 13.8 Å². The van der Waals surface area contributed by atoms with E-state index in [0.29, 0.717) is 11.9 Å². The van der Waals surface area contributed by atoms with E-state index in [0.717, 1.165) is 19.2 Å². The van der Waals surface area contributed by atoms with E-state index in [2.05, 4.69) is 15.3 Å². The van der Waals surface area contributed by atoms with Crippen LogP contribution in [-0.4, -0.2) is 24.3 Å². The van der Waals surface area contributed by atoms with Crippen LogP contribution in [0.25, 0.3) is 0 Å². The minimum atomic E-state index is -4.83. The number of alkyl halides is 3. The normalized spacial score (nSPS) is 12.3. The smallest absolute Gasteiger partial charge is 0.331 e. The van der Waals surface area contributed by atoms with E-state index in [-0.39, 0.29) is 16.6 Å². The number of imidazole rings is 1. The zero-order valence-electron chi connectivity index (χ0n) is 14.1. The first-order valence-corrected chi connectivity index (χ1v) is 8.95. The van der Waals surface area contributed by atoms with Gasteiger partial charge in [0.25, 0.3) is 10.0 Å². The number of aromatic nitrogens is 2. The number of carbonyl (C=O) groups excluding carboxylic acids is 1. The number of nitrogens with one attached hydrogen (secondary N) is 3. The van der Waals surface area contributed by atoms with Crippen LogP contribution in [0.3, 0.4) is 0 Å². The predicted molar refractivity (Wildman–Crippen MR) is 89.2 cm³/mol. The molecular weight excluding hydrogens is 373 g/mol. The molecule has 2 aromatic rings. The number of benzene rings is 1. The van der Waals surface area contributed by atoms with E-state index in [4.69, 9.17) is 0 Å². The van der Waals surface area contributed by atoms with Crippen molar-refractivity contribution in [2.24, 2.45) is 0 Å². The van der Waals surface area contributed by atoms with Gasteiger partial charge in [-0.25, -0.2) is 4.98 Å². The summed E-state index contributed by atoms with van der Waals surface area (Å²) in [5.41, 5.74) is -1.99. The second kappa shape index (κ2) is 6.98. The summed E-state index contributed by atoms with van der Waals surface area (Å²) in [5.74, 6) is -0.241. The highest BCUT2D eigenvalue weighted by molar-refractivity contribution is 7.92. The van der Waals surface area contributed by atoms with Crippen LogP contribution in [0.5, 0.6) is 0 Å². The van der Waals surface area contributed by atoms with Crippen LogP contribution in [0.15, 0.2) is 29.4 Å². The molecule has 1 amide bonds. The topological polar surface area (TPSA) is 104 Å². The van der Waals surface area contributed by atoms with Gasteiger partial charge in [0.05, 0.1) is 17.4 Å². The fourth-order valence-corrected chi connectivity index (χ4v) is 3.11. The molecule has 0 saturated carbocycles. The first-order valence-electron chi connectivity index (χ1n) is 7.46. The molecule has 0 radical (unpaired) electrons. The van der Waals surface area contributed by atoms with Gasteiger partial charge in [-0.15, -0.1) is 0 Å². The molecule has 0 fully saturated rings. The molecule has 2 rings (SSSR count). The number of carbonyl (C=O) groups is 1. The lowest BCUT2D eigenvalue weighted by molar-refractivity contribution is -0.136. The molecular formula is C15H17F3N4O3S.